The Morgan fingerprint density at radius 1 is 1.33 bits per heavy atom. The number of aliphatic hydroxyl groups excluding tert-OH is 1. The fourth-order valence-electron chi connectivity index (χ4n) is 3.31. The van der Waals surface area contributed by atoms with Gasteiger partial charge in [0.05, 0.1) is 5.92 Å². The highest BCUT2D eigenvalue weighted by molar-refractivity contribution is 7.09. The second kappa shape index (κ2) is 8.15. The second-order valence-electron chi connectivity index (χ2n) is 6.36. The van der Waals surface area contributed by atoms with Crippen LogP contribution in [0.5, 0.6) is 0 Å². The predicted octanol–water partition coefficient (Wildman–Crippen LogP) is 3.96. The summed E-state index contributed by atoms with van der Waals surface area (Å²) in [5.41, 5.74) is 1.00. The maximum atomic E-state index is 13.2. The molecule has 3 rings (SSSR count). The van der Waals surface area contributed by atoms with Crippen molar-refractivity contribution >= 4 is 28.8 Å². The number of carbonyl (C=O) groups is 1. The highest BCUT2D eigenvalue weighted by Gasteiger charge is 2.30. The molecule has 2 unspecified atom stereocenters. The molecule has 0 spiro atoms. The zero-order valence-corrected chi connectivity index (χ0v) is 15.1. The first-order chi connectivity index (χ1) is 11.7. The van der Waals surface area contributed by atoms with Crippen molar-refractivity contribution < 1.29 is 9.90 Å². The molecule has 1 N–H and O–H groups in total. The van der Waals surface area contributed by atoms with E-state index in [9.17, 15) is 9.90 Å². The average molecular weight is 364 g/mol. The van der Waals surface area contributed by atoms with Crippen LogP contribution in [0.4, 0.5) is 0 Å². The van der Waals surface area contributed by atoms with Crippen LogP contribution in [0.2, 0.25) is 5.02 Å². The van der Waals surface area contributed by atoms with Gasteiger partial charge in [-0.05, 0) is 54.3 Å². The summed E-state index contributed by atoms with van der Waals surface area (Å²) in [5.74, 6) is 0.164. The van der Waals surface area contributed by atoms with Crippen molar-refractivity contribution in [3.63, 3.8) is 0 Å². The molecule has 1 aliphatic heterocycles. The zero-order valence-electron chi connectivity index (χ0n) is 13.5. The molecule has 3 nitrogen and oxygen atoms in total. The fourth-order valence-corrected chi connectivity index (χ4v) is 4.19. The Morgan fingerprint density at radius 3 is 2.79 bits per heavy atom. The topological polar surface area (TPSA) is 40.5 Å². The quantitative estimate of drug-likeness (QED) is 0.873. The number of hydrogen-bond donors (Lipinski definition) is 1. The third-order valence-corrected chi connectivity index (χ3v) is 5.80. The van der Waals surface area contributed by atoms with E-state index >= 15 is 0 Å². The number of hydrogen-bond acceptors (Lipinski definition) is 3. The van der Waals surface area contributed by atoms with Gasteiger partial charge in [0.2, 0.25) is 5.91 Å². The van der Waals surface area contributed by atoms with E-state index in [1.807, 2.05) is 40.6 Å². The summed E-state index contributed by atoms with van der Waals surface area (Å²) in [6.07, 6.45) is 2.67. The van der Waals surface area contributed by atoms with Gasteiger partial charge >= 0.3 is 0 Å². The molecule has 2 heterocycles. The number of rotatable bonds is 5. The Morgan fingerprint density at radius 2 is 2.12 bits per heavy atom. The molecule has 24 heavy (non-hydrogen) atoms. The fraction of sp³-hybridized carbons (Fsp3) is 0.421. The van der Waals surface area contributed by atoms with E-state index in [0.717, 1.165) is 24.9 Å². The van der Waals surface area contributed by atoms with Crippen LogP contribution >= 0.6 is 22.9 Å². The second-order valence-corrected chi connectivity index (χ2v) is 7.83. The third kappa shape index (κ3) is 4.18. The third-order valence-electron chi connectivity index (χ3n) is 4.64. The molecule has 0 bridgehead atoms. The lowest BCUT2D eigenvalue weighted by molar-refractivity contribution is -0.134. The normalized spacial score (nSPS) is 19.2. The number of benzene rings is 1. The van der Waals surface area contributed by atoms with Crippen molar-refractivity contribution in [2.45, 2.75) is 25.2 Å². The van der Waals surface area contributed by atoms with E-state index in [1.54, 1.807) is 11.3 Å². The van der Waals surface area contributed by atoms with Crippen LogP contribution in [-0.2, 0) is 11.2 Å². The molecular weight excluding hydrogens is 342 g/mol. The lowest BCUT2D eigenvalue weighted by Crippen LogP contribution is -2.43. The first-order valence-corrected chi connectivity index (χ1v) is 9.60. The van der Waals surface area contributed by atoms with E-state index in [1.165, 1.54) is 4.88 Å². The average Bonchev–Trinajstić information content (AvgIpc) is 3.13. The van der Waals surface area contributed by atoms with Gasteiger partial charge < -0.3 is 10.0 Å². The van der Waals surface area contributed by atoms with Gasteiger partial charge in [0.25, 0.3) is 0 Å². The molecule has 128 valence electrons. The highest BCUT2D eigenvalue weighted by Crippen LogP contribution is 2.28. The molecular formula is C19H22ClNO2S. The molecule has 1 fully saturated rings. The number of halogens is 1. The molecule has 1 aliphatic rings. The molecule has 2 atom stereocenters. The molecule has 1 aromatic carbocycles. The maximum absolute atomic E-state index is 13.2. The van der Waals surface area contributed by atoms with Crippen LogP contribution in [-0.4, -0.2) is 35.6 Å². The molecule has 5 heteroatoms. The lowest BCUT2D eigenvalue weighted by atomic mass is 9.91. The van der Waals surface area contributed by atoms with Crippen molar-refractivity contribution in [2.24, 2.45) is 5.92 Å². The summed E-state index contributed by atoms with van der Waals surface area (Å²) in [5, 5.41) is 12.2. The van der Waals surface area contributed by atoms with Gasteiger partial charge in [-0.1, -0.05) is 29.8 Å². The first-order valence-electron chi connectivity index (χ1n) is 8.35. The molecule has 0 radical (unpaired) electrons. The van der Waals surface area contributed by atoms with Crippen LogP contribution in [0.25, 0.3) is 0 Å². The molecule has 1 amide bonds. The van der Waals surface area contributed by atoms with E-state index in [4.69, 9.17) is 11.6 Å². The molecule has 1 saturated heterocycles. The van der Waals surface area contributed by atoms with Crippen LogP contribution in [0.3, 0.4) is 0 Å². The van der Waals surface area contributed by atoms with E-state index in [0.29, 0.717) is 18.0 Å². The van der Waals surface area contributed by atoms with Crippen LogP contribution in [0, 0.1) is 5.92 Å². The summed E-state index contributed by atoms with van der Waals surface area (Å²) in [7, 11) is 0. The molecule has 0 aliphatic carbocycles. The van der Waals surface area contributed by atoms with Gasteiger partial charge in [-0.15, -0.1) is 11.3 Å². The minimum absolute atomic E-state index is 0.153. The number of likely N-dealkylation sites (tertiary alicyclic amines) is 1. The van der Waals surface area contributed by atoms with Gasteiger partial charge in [0.1, 0.15) is 0 Å². The number of thiophene rings is 1. The van der Waals surface area contributed by atoms with E-state index in [2.05, 4.69) is 6.07 Å². The number of amides is 1. The smallest absolute Gasteiger partial charge is 0.230 e. The van der Waals surface area contributed by atoms with Gasteiger partial charge in [0.15, 0.2) is 0 Å². The zero-order chi connectivity index (χ0) is 16.9. The molecule has 1 aromatic heterocycles. The van der Waals surface area contributed by atoms with Crippen LogP contribution in [0.1, 0.15) is 29.2 Å². The van der Waals surface area contributed by atoms with E-state index in [-0.39, 0.29) is 24.3 Å². The maximum Gasteiger partial charge on any atom is 0.230 e. The van der Waals surface area contributed by atoms with Gasteiger partial charge in [-0.3, -0.25) is 4.79 Å². The minimum Gasteiger partial charge on any atom is -0.396 e. The van der Waals surface area contributed by atoms with Gasteiger partial charge in [-0.2, -0.15) is 0 Å². The van der Waals surface area contributed by atoms with Gasteiger partial charge in [0, 0.05) is 29.6 Å². The van der Waals surface area contributed by atoms with Crippen LogP contribution < -0.4 is 0 Å². The summed E-state index contributed by atoms with van der Waals surface area (Å²) in [6, 6.07) is 11.7. The Kier molecular flexibility index (Phi) is 5.93. The summed E-state index contributed by atoms with van der Waals surface area (Å²) in [6.45, 7) is 1.59. The number of carbonyl (C=O) groups excluding carboxylic acids is 1. The Hall–Kier alpha value is -1.36. The molecule has 2 aromatic rings. The van der Waals surface area contributed by atoms with Gasteiger partial charge in [-0.25, -0.2) is 0 Å². The van der Waals surface area contributed by atoms with Crippen molar-refractivity contribution in [3.8, 4) is 0 Å². The van der Waals surface area contributed by atoms with Crippen molar-refractivity contribution in [2.75, 3.05) is 19.7 Å². The number of aliphatic hydroxyl groups is 1. The Bertz CT molecular complexity index is 657. The van der Waals surface area contributed by atoms with Crippen molar-refractivity contribution in [1.29, 1.82) is 0 Å². The standard InChI is InChI=1S/C19H22ClNO2S/c20-16-7-5-15(6-8-16)18(11-17-4-2-10-24-17)19(23)21-9-1-3-14(12-21)13-22/h2,4-8,10,14,18,22H,1,3,9,11-13H2. The molecule has 0 saturated carbocycles. The highest BCUT2D eigenvalue weighted by atomic mass is 35.5. The summed E-state index contributed by atoms with van der Waals surface area (Å²) in [4.78, 5) is 16.3. The summed E-state index contributed by atoms with van der Waals surface area (Å²) < 4.78 is 0. The Labute approximate surface area is 151 Å². The SMILES string of the molecule is O=C(C(Cc1cccs1)c1ccc(Cl)cc1)N1CCCC(CO)C1. The van der Waals surface area contributed by atoms with Crippen molar-refractivity contribution in [3.05, 3.63) is 57.2 Å². The largest absolute Gasteiger partial charge is 0.396 e. The monoisotopic (exact) mass is 363 g/mol. The van der Waals surface area contributed by atoms with Crippen LogP contribution in [0.15, 0.2) is 41.8 Å². The number of piperidine rings is 1. The van der Waals surface area contributed by atoms with E-state index < -0.39 is 0 Å². The summed E-state index contributed by atoms with van der Waals surface area (Å²) >= 11 is 7.69. The minimum atomic E-state index is -0.196. The lowest BCUT2D eigenvalue weighted by Gasteiger charge is -2.34. The predicted molar refractivity (Wildman–Crippen MR) is 98.6 cm³/mol. The first kappa shape index (κ1) is 17.5. The Balaban J connectivity index is 1.82. The number of nitrogens with zero attached hydrogens (tertiary/aromatic N) is 1. The van der Waals surface area contributed by atoms with Crippen molar-refractivity contribution in [1.82, 2.24) is 4.90 Å².